The van der Waals surface area contributed by atoms with Crippen LogP contribution in [0.5, 0.6) is 0 Å². The first-order valence-electron chi connectivity index (χ1n) is 6.94. The molecule has 0 saturated heterocycles. The van der Waals surface area contributed by atoms with Gasteiger partial charge < -0.3 is 5.11 Å². The highest BCUT2D eigenvalue weighted by Gasteiger charge is 2.49. The zero-order valence-corrected chi connectivity index (χ0v) is 10.3. The van der Waals surface area contributed by atoms with E-state index in [-0.39, 0.29) is 5.60 Å². The largest absolute Gasteiger partial charge is 0.389 e. The van der Waals surface area contributed by atoms with Gasteiger partial charge in [-0.15, -0.1) is 0 Å². The number of hydrogen-bond acceptors (Lipinski definition) is 1. The summed E-state index contributed by atoms with van der Waals surface area (Å²) in [4.78, 5) is 0. The van der Waals surface area contributed by atoms with Crippen molar-refractivity contribution < 1.29 is 5.11 Å². The molecule has 15 heavy (non-hydrogen) atoms. The second-order valence-electron chi connectivity index (χ2n) is 5.68. The monoisotopic (exact) mass is 210 g/mol. The van der Waals surface area contributed by atoms with E-state index >= 15 is 0 Å². The molecule has 1 nitrogen and oxygen atoms in total. The molecule has 2 aliphatic carbocycles. The second kappa shape index (κ2) is 4.45. The minimum absolute atomic E-state index is 0.304. The highest BCUT2D eigenvalue weighted by atomic mass is 16.3. The van der Waals surface area contributed by atoms with Crippen molar-refractivity contribution in [2.75, 3.05) is 0 Å². The highest BCUT2D eigenvalue weighted by molar-refractivity contribution is 5.00. The summed E-state index contributed by atoms with van der Waals surface area (Å²) in [6, 6.07) is 0. The average Bonchev–Trinajstić information content (AvgIpc) is 3.12. The van der Waals surface area contributed by atoms with Crippen molar-refractivity contribution in [2.24, 2.45) is 17.8 Å². The maximum absolute atomic E-state index is 10.9. The van der Waals surface area contributed by atoms with Crippen molar-refractivity contribution in [2.45, 2.75) is 70.8 Å². The fraction of sp³-hybridized carbons (Fsp3) is 1.00. The molecule has 3 atom stereocenters. The molecule has 0 bridgehead atoms. The van der Waals surface area contributed by atoms with Crippen molar-refractivity contribution >= 4 is 0 Å². The van der Waals surface area contributed by atoms with Gasteiger partial charge in [0.25, 0.3) is 0 Å². The van der Waals surface area contributed by atoms with Crippen LogP contribution in [0.3, 0.4) is 0 Å². The molecule has 0 amide bonds. The van der Waals surface area contributed by atoms with Crippen molar-refractivity contribution in [3.8, 4) is 0 Å². The van der Waals surface area contributed by atoms with Gasteiger partial charge in [0.15, 0.2) is 0 Å². The Morgan fingerprint density at radius 3 is 2.27 bits per heavy atom. The van der Waals surface area contributed by atoms with E-state index < -0.39 is 0 Å². The van der Waals surface area contributed by atoms with Crippen LogP contribution in [0.25, 0.3) is 0 Å². The third kappa shape index (κ3) is 2.08. The third-order valence-corrected chi connectivity index (χ3v) is 4.93. The predicted octanol–water partition coefficient (Wildman–Crippen LogP) is 3.75. The van der Waals surface area contributed by atoms with Crippen molar-refractivity contribution in [1.82, 2.24) is 0 Å². The summed E-state index contributed by atoms with van der Waals surface area (Å²) in [7, 11) is 0. The fourth-order valence-corrected chi connectivity index (χ4v) is 3.79. The lowest BCUT2D eigenvalue weighted by Crippen LogP contribution is -2.44. The van der Waals surface area contributed by atoms with E-state index in [4.69, 9.17) is 0 Å². The van der Waals surface area contributed by atoms with E-state index in [1.807, 2.05) is 0 Å². The smallest absolute Gasteiger partial charge is 0.0703 e. The summed E-state index contributed by atoms with van der Waals surface area (Å²) < 4.78 is 0. The van der Waals surface area contributed by atoms with Crippen LogP contribution in [-0.2, 0) is 0 Å². The Kier molecular flexibility index (Phi) is 3.39. The molecule has 2 saturated carbocycles. The lowest BCUT2D eigenvalue weighted by atomic mass is 9.66. The maximum Gasteiger partial charge on any atom is 0.0703 e. The van der Waals surface area contributed by atoms with Gasteiger partial charge in [0, 0.05) is 0 Å². The number of hydrogen-bond donors (Lipinski definition) is 1. The zero-order chi connectivity index (χ0) is 10.9. The second-order valence-corrected chi connectivity index (χ2v) is 5.68. The van der Waals surface area contributed by atoms with Gasteiger partial charge in [0.2, 0.25) is 0 Å². The maximum atomic E-state index is 10.9. The van der Waals surface area contributed by atoms with Crippen LogP contribution in [0.1, 0.15) is 65.2 Å². The first-order valence-corrected chi connectivity index (χ1v) is 6.94. The fourth-order valence-electron chi connectivity index (χ4n) is 3.79. The van der Waals surface area contributed by atoms with Crippen molar-refractivity contribution in [3.05, 3.63) is 0 Å². The van der Waals surface area contributed by atoms with Gasteiger partial charge in [-0.05, 0) is 43.4 Å². The van der Waals surface area contributed by atoms with Gasteiger partial charge in [-0.3, -0.25) is 0 Å². The van der Waals surface area contributed by atoms with E-state index in [1.165, 1.54) is 44.9 Å². The highest BCUT2D eigenvalue weighted by Crippen LogP contribution is 2.51. The summed E-state index contributed by atoms with van der Waals surface area (Å²) in [6.45, 7) is 4.48. The minimum atomic E-state index is -0.304. The SMILES string of the molecule is CCC1CCCCC1C(O)(CC)C1CC1. The topological polar surface area (TPSA) is 20.2 Å². The first kappa shape index (κ1) is 11.4. The molecule has 2 aliphatic rings. The van der Waals surface area contributed by atoms with Gasteiger partial charge >= 0.3 is 0 Å². The van der Waals surface area contributed by atoms with Crippen LogP contribution in [0.2, 0.25) is 0 Å². The zero-order valence-electron chi connectivity index (χ0n) is 10.3. The van der Waals surface area contributed by atoms with Crippen LogP contribution in [0.4, 0.5) is 0 Å². The number of rotatable bonds is 4. The molecule has 3 unspecified atom stereocenters. The number of aliphatic hydroxyl groups is 1. The molecular weight excluding hydrogens is 184 g/mol. The van der Waals surface area contributed by atoms with E-state index in [1.54, 1.807) is 0 Å². The Balaban J connectivity index is 2.10. The predicted molar refractivity (Wildman–Crippen MR) is 63.7 cm³/mol. The lowest BCUT2D eigenvalue weighted by Gasteiger charge is -2.43. The van der Waals surface area contributed by atoms with E-state index in [2.05, 4.69) is 13.8 Å². The molecule has 0 heterocycles. The molecule has 0 radical (unpaired) electrons. The third-order valence-electron chi connectivity index (χ3n) is 4.93. The van der Waals surface area contributed by atoms with Gasteiger partial charge in [-0.25, -0.2) is 0 Å². The van der Waals surface area contributed by atoms with Gasteiger partial charge in [0.1, 0.15) is 0 Å². The van der Waals surface area contributed by atoms with Gasteiger partial charge in [-0.1, -0.05) is 39.5 Å². The summed E-state index contributed by atoms with van der Waals surface area (Å²) in [6.07, 6.45) is 10.2. The lowest BCUT2D eigenvalue weighted by molar-refractivity contribution is -0.0784. The van der Waals surface area contributed by atoms with Crippen molar-refractivity contribution in [3.63, 3.8) is 0 Å². The van der Waals surface area contributed by atoms with Crippen LogP contribution in [0.15, 0.2) is 0 Å². The molecule has 0 aromatic heterocycles. The Morgan fingerprint density at radius 2 is 1.73 bits per heavy atom. The minimum Gasteiger partial charge on any atom is -0.389 e. The Hall–Kier alpha value is -0.0400. The van der Waals surface area contributed by atoms with E-state index in [0.717, 1.165) is 12.3 Å². The van der Waals surface area contributed by atoms with E-state index in [0.29, 0.717) is 11.8 Å². The Bertz CT molecular complexity index is 209. The van der Waals surface area contributed by atoms with Crippen LogP contribution < -0.4 is 0 Å². The molecule has 0 aromatic carbocycles. The van der Waals surface area contributed by atoms with E-state index in [9.17, 15) is 5.11 Å². The average molecular weight is 210 g/mol. The molecule has 0 aromatic rings. The quantitative estimate of drug-likeness (QED) is 0.749. The van der Waals surface area contributed by atoms with Crippen molar-refractivity contribution in [1.29, 1.82) is 0 Å². The van der Waals surface area contributed by atoms with Gasteiger partial charge in [0.05, 0.1) is 5.60 Å². The molecular formula is C14H26O. The molecule has 0 aliphatic heterocycles. The molecule has 0 spiro atoms. The summed E-state index contributed by atoms with van der Waals surface area (Å²) in [5, 5.41) is 10.9. The normalized spacial score (nSPS) is 36.2. The molecule has 2 fully saturated rings. The van der Waals surface area contributed by atoms with Gasteiger partial charge in [-0.2, -0.15) is 0 Å². The summed E-state index contributed by atoms with van der Waals surface area (Å²) >= 11 is 0. The summed E-state index contributed by atoms with van der Waals surface area (Å²) in [5.41, 5.74) is -0.304. The summed E-state index contributed by atoms with van der Waals surface area (Å²) in [5.74, 6) is 2.04. The van der Waals surface area contributed by atoms with Crippen LogP contribution in [-0.4, -0.2) is 10.7 Å². The van der Waals surface area contributed by atoms with Crippen LogP contribution >= 0.6 is 0 Å². The molecule has 2 rings (SSSR count). The molecule has 1 heteroatoms. The Labute approximate surface area is 94.3 Å². The standard InChI is InChI=1S/C14H26O/c1-3-11-7-5-6-8-13(11)14(15,4-2)12-9-10-12/h11-13,15H,3-10H2,1-2H3. The Morgan fingerprint density at radius 1 is 1.07 bits per heavy atom. The van der Waals surface area contributed by atoms with Crippen LogP contribution in [0, 0.1) is 17.8 Å². The molecule has 1 N–H and O–H groups in total. The first-order chi connectivity index (χ1) is 7.22. The molecule has 88 valence electrons.